The van der Waals surface area contributed by atoms with Gasteiger partial charge in [0.05, 0.1) is 13.2 Å². The lowest BCUT2D eigenvalue weighted by Crippen LogP contribution is -2.61. The van der Waals surface area contributed by atoms with Gasteiger partial charge in [-0.2, -0.15) is 0 Å². The van der Waals surface area contributed by atoms with Gasteiger partial charge in [-0.25, -0.2) is 14.4 Å². The largest absolute Gasteiger partial charge is 0.467 e. The number of piperazine rings is 1. The SMILES string of the molecule is C#Cc1ccc(CNC(=O)[C@@H]2C[C@@H](O)CN2C(=O)[C@@H](NC(=O)Oc2ccccc2)C(C)(C)CCN2CCN(C(=O)OC(C)(C)C)[C@H](C(=O)OC)C2)cc1. The first-order chi connectivity index (χ1) is 25.0. The molecule has 0 aromatic heterocycles. The van der Waals surface area contributed by atoms with Crippen molar-refractivity contribution in [1.82, 2.24) is 25.3 Å². The molecule has 2 saturated heterocycles. The molecule has 0 aliphatic carbocycles. The first-order valence-corrected chi connectivity index (χ1v) is 17.7. The fraction of sp³-hybridized carbons (Fsp3) is 0.513. The smallest absolute Gasteiger partial charge is 0.413 e. The Morgan fingerprint density at radius 3 is 2.25 bits per heavy atom. The molecule has 2 aliphatic heterocycles. The normalized spacial score (nSPS) is 19.8. The molecule has 0 spiro atoms. The number of benzene rings is 2. The lowest BCUT2D eigenvalue weighted by molar-refractivity contribution is -0.149. The first-order valence-electron chi connectivity index (χ1n) is 17.7. The zero-order valence-corrected chi connectivity index (χ0v) is 31.3. The van der Waals surface area contributed by atoms with Gasteiger partial charge >= 0.3 is 18.2 Å². The van der Waals surface area contributed by atoms with Gasteiger partial charge in [0, 0.05) is 44.7 Å². The maximum atomic E-state index is 14.5. The number of rotatable bonds is 11. The Bertz CT molecular complexity index is 1650. The molecular weight excluding hydrogens is 682 g/mol. The number of esters is 1. The minimum absolute atomic E-state index is 0.0199. The summed E-state index contributed by atoms with van der Waals surface area (Å²) in [6, 6.07) is 12.4. The van der Waals surface area contributed by atoms with Crippen molar-refractivity contribution in [3.63, 3.8) is 0 Å². The predicted octanol–water partition coefficient (Wildman–Crippen LogP) is 2.91. The summed E-state index contributed by atoms with van der Waals surface area (Å²) in [7, 11) is 1.26. The number of hydrogen-bond donors (Lipinski definition) is 3. The number of likely N-dealkylation sites (tertiary alicyclic amines) is 1. The molecule has 0 unspecified atom stereocenters. The Labute approximate surface area is 311 Å². The molecule has 2 heterocycles. The van der Waals surface area contributed by atoms with Crippen molar-refractivity contribution in [3.8, 4) is 18.1 Å². The second-order valence-corrected chi connectivity index (χ2v) is 15.0. The highest BCUT2D eigenvalue weighted by Crippen LogP contribution is 2.31. The Morgan fingerprint density at radius 2 is 1.62 bits per heavy atom. The number of terminal acetylenes is 1. The number of aliphatic hydroxyl groups is 1. The van der Waals surface area contributed by atoms with Gasteiger partial charge in [-0.15, -0.1) is 6.42 Å². The summed E-state index contributed by atoms with van der Waals surface area (Å²) in [5, 5.41) is 16.3. The highest BCUT2D eigenvalue weighted by atomic mass is 16.6. The van der Waals surface area contributed by atoms with Gasteiger partial charge < -0.3 is 34.9 Å². The molecule has 0 radical (unpaired) electrons. The van der Waals surface area contributed by atoms with Crippen molar-refractivity contribution in [2.24, 2.45) is 5.41 Å². The van der Waals surface area contributed by atoms with E-state index >= 15 is 0 Å². The van der Waals surface area contributed by atoms with Crippen LogP contribution in [0, 0.1) is 17.8 Å². The van der Waals surface area contributed by atoms with Crippen LogP contribution >= 0.6 is 0 Å². The van der Waals surface area contributed by atoms with Crippen molar-refractivity contribution in [3.05, 3.63) is 65.7 Å². The lowest BCUT2D eigenvalue weighted by Gasteiger charge is -2.42. The highest BCUT2D eigenvalue weighted by Gasteiger charge is 2.46. The third-order valence-electron chi connectivity index (χ3n) is 9.33. The second-order valence-electron chi connectivity index (χ2n) is 15.0. The van der Waals surface area contributed by atoms with Gasteiger partial charge in [0.25, 0.3) is 0 Å². The van der Waals surface area contributed by atoms with Crippen molar-refractivity contribution in [1.29, 1.82) is 0 Å². The summed E-state index contributed by atoms with van der Waals surface area (Å²) in [6.07, 6.45) is 3.37. The Kier molecular flexibility index (Phi) is 13.5. The fourth-order valence-corrected chi connectivity index (χ4v) is 6.34. The number of amides is 4. The zero-order chi connectivity index (χ0) is 38.9. The third kappa shape index (κ3) is 11.2. The molecule has 3 N–H and O–H groups in total. The van der Waals surface area contributed by atoms with Crippen LogP contribution in [-0.2, 0) is 30.4 Å². The molecule has 2 aromatic carbocycles. The molecule has 2 aliphatic rings. The number of hydrogen-bond acceptors (Lipinski definition) is 10. The number of β-amino-alcohol motifs (C(OH)–C–C–N with tert-alkyl or cyclic N) is 1. The van der Waals surface area contributed by atoms with E-state index in [0.717, 1.165) is 5.56 Å². The molecule has 4 atom stereocenters. The Hall–Kier alpha value is -5.13. The molecule has 53 heavy (non-hydrogen) atoms. The minimum atomic E-state index is -1.19. The van der Waals surface area contributed by atoms with Gasteiger partial charge in [-0.1, -0.05) is 50.1 Å². The molecule has 0 saturated carbocycles. The Morgan fingerprint density at radius 1 is 0.943 bits per heavy atom. The Balaban J connectivity index is 1.51. The summed E-state index contributed by atoms with van der Waals surface area (Å²) in [5.41, 5.74) is -0.188. The van der Waals surface area contributed by atoms with E-state index in [2.05, 4.69) is 16.6 Å². The molecule has 4 amide bonds. The number of nitrogens with one attached hydrogen (secondary N) is 2. The number of nitrogens with zero attached hydrogens (tertiary/aromatic N) is 3. The van der Waals surface area contributed by atoms with Crippen molar-refractivity contribution >= 4 is 30.0 Å². The molecule has 14 nitrogen and oxygen atoms in total. The zero-order valence-electron chi connectivity index (χ0n) is 31.3. The molecule has 2 aromatic rings. The molecule has 14 heteroatoms. The minimum Gasteiger partial charge on any atom is -0.467 e. The van der Waals surface area contributed by atoms with E-state index in [9.17, 15) is 29.1 Å². The number of para-hydroxylation sites is 1. The van der Waals surface area contributed by atoms with Crippen LogP contribution < -0.4 is 15.4 Å². The molecule has 0 bridgehead atoms. The van der Waals surface area contributed by atoms with Crippen LogP contribution in [0.25, 0.3) is 0 Å². The van der Waals surface area contributed by atoms with Crippen molar-refractivity contribution in [2.45, 2.75) is 83.8 Å². The van der Waals surface area contributed by atoms with Gasteiger partial charge in [0.15, 0.2) is 0 Å². The van der Waals surface area contributed by atoms with Crippen LogP contribution in [0.5, 0.6) is 5.75 Å². The number of aliphatic hydroxyl groups excluding tert-OH is 1. The maximum absolute atomic E-state index is 14.5. The van der Waals surface area contributed by atoms with E-state index in [1.54, 1.807) is 75.4 Å². The van der Waals surface area contributed by atoms with E-state index in [1.165, 1.54) is 16.9 Å². The summed E-state index contributed by atoms with van der Waals surface area (Å²) in [6.45, 7) is 10.1. The standard InChI is InChI=1S/C39H51N5O9/c1-8-26-14-16-27(17-15-26)23-40-33(46)30-22-28(45)24-44(30)34(47)32(41-36(49)52-29-12-10-9-11-13-29)39(5,6)18-19-42-20-21-43(31(25-42)35(48)51-7)37(50)53-38(2,3)4/h1,9-17,28,30-32,45H,18-25H2,2-7H3,(H,40,46)(H,41,49)/t28-,30+,31+,32-/m1/s1. The quantitative estimate of drug-likeness (QED) is 0.231. The van der Waals surface area contributed by atoms with Gasteiger partial charge in [0.1, 0.15) is 29.5 Å². The van der Waals surface area contributed by atoms with Gasteiger partial charge in [0.2, 0.25) is 11.8 Å². The van der Waals surface area contributed by atoms with E-state index in [0.29, 0.717) is 25.1 Å². The van der Waals surface area contributed by atoms with Crippen LogP contribution in [0.4, 0.5) is 9.59 Å². The predicted molar refractivity (Wildman–Crippen MR) is 195 cm³/mol. The van der Waals surface area contributed by atoms with E-state index in [-0.39, 0.29) is 38.3 Å². The number of carbonyl (C=O) groups excluding carboxylic acids is 5. The maximum Gasteiger partial charge on any atom is 0.413 e. The van der Waals surface area contributed by atoms with Crippen LogP contribution in [0.3, 0.4) is 0 Å². The number of carbonyl (C=O) groups is 5. The average molecular weight is 734 g/mol. The van der Waals surface area contributed by atoms with Crippen LogP contribution in [0.2, 0.25) is 0 Å². The van der Waals surface area contributed by atoms with Gasteiger partial charge in [-0.05, 0) is 69.0 Å². The molecular formula is C39H51N5O9. The molecule has 286 valence electrons. The summed E-state index contributed by atoms with van der Waals surface area (Å²) < 4.78 is 16.0. The summed E-state index contributed by atoms with van der Waals surface area (Å²) in [5.74, 6) is 1.23. The van der Waals surface area contributed by atoms with E-state index in [4.69, 9.17) is 20.6 Å². The molecule has 2 fully saturated rings. The highest BCUT2D eigenvalue weighted by molar-refractivity contribution is 5.92. The van der Waals surface area contributed by atoms with Crippen LogP contribution in [-0.4, -0.2) is 119 Å². The monoisotopic (exact) mass is 733 g/mol. The average Bonchev–Trinajstić information content (AvgIpc) is 3.52. The number of ether oxygens (including phenoxy) is 3. The van der Waals surface area contributed by atoms with Crippen molar-refractivity contribution in [2.75, 3.05) is 39.8 Å². The van der Waals surface area contributed by atoms with E-state index < -0.39 is 65.2 Å². The third-order valence-corrected chi connectivity index (χ3v) is 9.33. The van der Waals surface area contributed by atoms with Crippen LogP contribution in [0.15, 0.2) is 54.6 Å². The molecule has 4 rings (SSSR count). The van der Waals surface area contributed by atoms with E-state index in [1.807, 2.05) is 18.7 Å². The first kappa shape index (κ1) is 40.6. The topological polar surface area (TPSA) is 167 Å². The fourth-order valence-electron chi connectivity index (χ4n) is 6.34. The summed E-state index contributed by atoms with van der Waals surface area (Å²) >= 11 is 0. The number of methoxy groups -OCH3 is 1. The lowest BCUT2D eigenvalue weighted by atomic mass is 9.80. The van der Waals surface area contributed by atoms with Crippen molar-refractivity contribution < 1.29 is 43.3 Å². The van der Waals surface area contributed by atoms with Gasteiger partial charge in [-0.3, -0.25) is 19.4 Å². The summed E-state index contributed by atoms with van der Waals surface area (Å²) in [4.78, 5) is 71.6. The second kappa shape index (κ2) is 17.6. The van der Waals surface area contributed by atoms with Crippen LogP contribution in [0.1, 0.15) is 58.6 Å².